The van der Waals surface area contributed by atoms with E-state index in [4.69, 9.17) is 37.9 Å². The highest BCUT2D eigenvalue weighted by Crippen LogP contribution is 2.33. The Morgan fingerprint density at radius 1 is 0.300 bits per heavy atom. The molecule has 0 radical (unpaired) electrons. The van der Waals surface area contributed by atoms with Crippen LogP contribution in [0.1, 0.15) is 158 Å². The van der Waals surface area contributed by atoms with E-state index in [-0.39, 0.29) is 45.3 Å². The second-order valence-corrected chi connectivity index (χ2v) is 19.6. The predicted molar refractivity (Wildman–Crippen MR) is 312 cm³/mol. The molecule has 12 heteroatoms. The Kier molecular flexibility index (Phi) is 23.6. The molecule has 0 atom stereocenters. The Hall–Kier alpha value is -8.38. The highest BCUT2D eigenvalue weighted by molar-refractivity contribution is 5.98. The lowest BCUT2D eigenvalue weighted by atomic mass is 10.1. The molecule has 0 aliphatic carbocycles. The van der Waals surface area contributed by atoms with Gasteiger partial charge < -0.3 is 37.9 Å². The monoisotopic (exact) mass is 1080 g/mol. The summed E-state index contributed by atoms with van der Waals surface area (Å²) >= 11 is 0. The summed E-state index contributed by atoms with van der Waals surface area (Å²) < 4.78 is 45.6. The van der Waals surface area contributed by atoms with E-state index in [0.717, 1.165) is 46.6 Å². The molecule has 7 rings (SSSR count). The van der Waals surface area contributed by atoms with Gasteiger partial charge in [-0.3, -0.25) is 0 Å². The Morgan fingerprint density at radius 2 is 0.600 bits per heavy atom. The van der Waals surface area contributed by atoms with Crippen molar-refractivity contribution in [1.29, 1.82) is 0 Å². The number of methoxy groups -OCH3 is 2. The minimum Gasteiger partial charge on any atom is -0.494 e. The molecule has 7 aromatic carbocycles. The highest BCUT2D eigenvalue weighted by atomic mass is 16.6. The summed E-state index contributed by atoms with van der Waals surface area (Å²) in [5, 5.41) is 0. The van der Waals surface area contributed by atoms with E-state index in [0.29, 0.717) is 24.7 Å². The minimum absolute atomic E-state index is 0.0345. The molecule has 0 aromatic heterocycles. The van der Waals surface area contributed by atoms with Crippen molar-refractivity contribution in [1.82, 2.24) is 0 Å². The summed E-state index contributed by atoms with van der Waals surface area (Å²) in [6.45, 7) is 5.88. The van der Waals surface area contributed by atoms with E-state index < -0.39 is 23.9 Å². The molecular formula is C68H74O12. The van der Waals surface area contributed by atoms with Gasteiger partial charge in [-0.15, -0.1) is 0 Å². The van der Waals surface area contributed by atoms with Gasteiger partial charge in [0, 0.05) is 0 Å². The average molecular weight is 1080 g/mol. The van der Waals surface area contributed by atoms with Gasteiger partial charge >= 0.3 is 23.9 Å². The van der Waals surface area contributed by atoms with Crippen LogP contribution in [-0.2, 0) is 0 Å². The quantitative estimate of drug-likeness (QED) is 0.0225. The van der Waals surface area contributed by atoms with Gasteiger partial charge in [0.1, 0.15) is 23.0 Å². The van der Waals surface area contributed by atoms with Crippen molar-refractivity contribution < 1.29 is 57.1 Å². The van der Waals surface area contributed by atoms with E-state index in [2.05, 4.69) is 13.8 Å². The second-order valence-electron chi connectivity index (χ2n) is 19.6. The van der Waals surface area contributed by atoms with Crippen molar-refractivity contribution in [2.45, 2.75) is 117 Å². The van der Waals surface area contributed by atoms with Gasteiger partial charge in [-0.2, -0.15) is 0 Å². The van der Waals surface area contributed by atoms with E-state index in [1.165, 1.54) is 165 Å². The van der Waals surface area contributed by atoms with E-state index in [1.54, 1.807) is 24.3 Å². The van der Waals surface area contributed by atoms with Crippen molar-refractivity contribution in [3.63, 3.8) is 0 Å². The summed E-state index contributed by atoms with van der Waals surface area (Å²) in [6.07, 6.45) is 20.0. The first kappa shape index (κ1) is 59.3. The lowest BCUT2D eigenvalue weighted by Crippen LogP contribution is -2.14. The van der Waals surface area contributed by atoms with Crippen LogP contribution in [0.3, 0.4) is 0 Å². The molecule has 0 N–H and O–H groups in total. The molecule has 0 saturated carbocycles. The average Bonchev–Trinajstić information content (AvgIpc) is 3.51. The number of ether oxygens (including phenoxy) is 8. The van der Waals surface area contributed by atoms with Crippen molar-refractivity contribution in [2.24, 2.45) is 0 Å². The number of carbonyl (C=O) groups excluding carboxylic acids is 4. The Morgan fingerprint density at radius 3 is 0.938 bits per heavy atom. The van der Waals surface area contributed by atoms with Gasteiger partial charge in [0.2, 0.25) is 0 Å². The van der Waals surface area contributed by atoms with Gasteiger partial charge in [-0.25, -0.2) is 19.2 Å². The molecule has 0 aliphatic rings. The van der Waals surface area contributed by atoms with Crippen LogP contribution in [0.15, 0.2) is 158 Å². The summed E-state index contributed by atoms with van der Waals surface area (Å²) in [6, 6.07) is 44.7. The van der Waals surface area contributed by atoms with E-state index in [9.17, 15) is 19.2 Å². The third kappa shape index (κ3) is 18.4. The standard InChI is InChI=1S/C68H74O12/c1-5-7-9-11-13-15-17-19-44-75-57-34-24-49(25-35-57)51-28-38-59(39-29-51)77-65(69)55-32-42-61(63(47-55)73-3)79-67(71)53-22-21-23-54(46-53)68(72)80-62-43-33-56(48-64(62)74-4)66(70)78-60-40-30-52(31-41-60)50-26-36-58(37-27-50)76-45-20-18-16-14-12-10-8-6-2/h21-43,46-48H,5-20,44-45H2,1-4H3. The van der Waals surface area contributed by atoms with Crippen LogP contribution >= 0.6 is 0 Å². The molecule has 0 fully saturated rings. The molecule has 12 nitrogen and oxygen atoms in total. The van der Waals surface area contributed by atoms with Crippen LogP contribution < -0.4 is 37.9 Å². The van der Waals surface area contributed by atoms with Crippen molar-refractivity contribution in [3.05, 3.63) is 180 Å². The van der Waals surface area contributed by atoms with E-state index in [1.807, 2.05) is 72.8 Å². The summed E-state index contributed by atoms with van der Waals surface area (Å²) in [5.74, 6) is -0.237. The summed E-state index contributed by atoms with van der Waals surface area (Å²) in [4.78, 5) is 53.4. The third-order valence-electron chi connectivity index (χ3n) is 13.6. The van der Waals surface area contributed by atoms with Crippen LogP contribution in [-0.4, -0.2) is 51.3 Å². The van der Waals surface area contributed by atoms with Crippen LogP contribution in [0.5, 0.6) is 46.0 Å². The Bertz CT molecular complexity index is 2850. The molecule has 0 bridgehead atoms. The minimum atomic E-state index is -0.798. The van der Waals surface area contributed by atoms with Crippen LogP contribution in [0.2, 0.25) is 0 Å². The molecule has 0 unspecified atom stereocenters. The van der Waals surface area contributed by atoms with Gasteiger partial charge in [0.25, 0.3) is 0 Å². The van der Waals surface area contributed by atoms with Crippen molar-refractivity contribution in [2.75, 3.05) is 27.4 Å². The predicted octanol–water partition coefficient (Wildman–Crippen LogP) is 17.0. The molecule has 0 aliphatic heterocycles. The smallest absolute Gasteiger partial charge is 0.343 e. The molecule has 80 heavy (non-hydrogen) atoms. The fourth-order valence-corrected chi connectivity index (χ4v) is 8.95. The zero-order chi connectivity index (χ0) is 56.3. The third-order valence-corrected chi connectivity index (χ3v) is 13.6. The first-order valence-corrected chi connectivity index (χ1v) is 28.2. The molecule has 0 heterocycles. The number of rotatable bonds is 32. The lowest BCUT2D eigenvalue weighted by molar-refractivity contribution is 0.0720. The summed E-state index contributed by atoms with van der Waals surface area (Å²) in [7, 11) is 2.76. The number of hydrogen-bond acceptors (Lipinski definition) is 12. The maximum Gasteiger partial charge on any atom is 0.343 e. The Labute approximate surface area is 471 Å². The van der Waals surface area contributed by atoms with Crippen molar-refractivity contribution in [3.8, 4) is 68.2 Å². The zero-order valence-electron chi connectivity index (χ0n) is 46.6. The number of hydrogen-bond donors (Lipinski definition) is 0. The number of carbonyl (C=O) groups is 4. The highest BCUT2D eigenvalue weighted by Gasteiger charge is 2.21. The molecular weight excluding hydrogens is 1010 g/mol. The first-order chi connectivity index (χ1) is 39.1. The van der Waals surface area contributed by atoms with Gasteiger partial charge in [-0.1, -0.05) is 158 Å². The fraction of sp³-hybridized carbons (Fsp3) is 0.324. The van der Waals surface area contributed by atoms with E-state index >= 15 is 0 Å². The normalized spacial score (nSPS) is 10.8. The largest absolute Gasteiger partial charge is 0.494 e. The molecule has 7 aromatic rings. The molecule has 0 amide bonds. The van der Waals surface area contributed by atoms with Gasteiger partial charge in [-0.05, 0) is 138 Å². The molecule has 418 valence electrons. The van der Waals surface area contributed by atoms with Crippen LogP contribution in [0, 0.1) is 0 Å². The second kappa shape index (κ2) is 31.9. The lowest BCUT2D eigenvalue weighted by Gasteiger charge is -2.12. The maximum absolute atomic E-state index is 13.4. The fourth-order valence-electron chi connectivity index (χ4n) is 8.95. The number of esters is 4. The van der Waals surface area contributed by atoms with Gasteiger partial charge in [0.15, 0.2) is 23.0 Å². The van der Waals surface area contributed by atoms with Crippen molar-refractivity contribution >= 4 is 23.9 Å². The number of unbranched alkanes of at least 4 members (excludes halogenated alkanes) is 14. The topological polar surface area (TPSA) is 142 Å². The van der Waals surface area contributed by atoms with Crippen LogP contribution in [0.4, 0.5) is 0 Å². The SMILES string of the molecule is CCCCCCCCCCOc1ccc(-c2ccc(OC(=O)c3ccc(OC(=O)c4cccc(C(=O)Oc5ccc(C(=O)Oc6ccc(-c7ccc(OCCCCCCCCCC)cc7)cc6)cc5OC)c4)c(OC)c3)cc2)cc1. The molecule has 0 spiro atoms. The molecule has 0 saturated heterocycles. The summed E-state index contributed by atoms with van der Waals surface area (Å²) in [5.41, 5.74) is 4.31. The Balaban J connectivity index is 0.858. The van der Waals surface area contributed by atoms with Gasteiger partial charge in [0.05, 0.1) is 49.7 Å². The zero-order valence-corrected chi connectivity index (χ0v) is 46.6. The number of benzene rings is 7. The first-order valence-electron chi connectivity index (χ1n) is 28.2. The maximum atomic E-state index is 13.4. The van der Waals surface area contributed by atoms with Crippen LogP contribution in [0.25, 0.3) is 22.3 Å².